The summed E-state index contributed by atoms with van der Waals surface area (Å²) in [5.41, 5.74) is 0.275. The fourth-order valence-corrected chi connectivity index (χ4v) is 1.36. The monoisotopic (exact) mass is 194 g/mol. The van der Waals surface area contributed by atoms with Gasteiger partial charge >= 0.3 is 0 Å². The Morgan fingerprint density at radius 1 is 1.57 bits per heavy atom. The minimum Gasteiger partial charge on any atom is -0.453 e. The standard InChI is InChI=1S/C9H7FN2O2/c1-12-8-5(3-11)9-7(2-6(8)10)13-4-14-9/h2,12H,4H2,1H3. The normalized spacial score (nSPS) is 12.4. The van der Waals surface area contributed by atoms with Crippen LogP contribution in [0.5, 0.6) is 11.5 Å². The lowest BCUT2D eigenvalue weighted by Crippen LogP contribution is -1.97. The first-order valence-corrected chi connectivity index (χ1v) is 3.98. The molecule has 0 aromatic heterocycles. The molecule has 14 heavy (non-hydrogen) atoms. The summed E-state index contributed by atoms with van der Waals surface area (Å²) in [6.45, 7) is 0.0244. The Bertz CT molecular complexity index is 422. The summed E-state index contributed by atoms with van der Waals surface area (Å²) in [4.78, 5) is 0. The molecule has 0 saturated carbocycles. The summed E-state index contributed by atoms with van der Waals surface area (Å²) in [6, 6.07) is 3.08. The molecule has 5 heteroatoms. The van der Waals surface area contributed by atoms with E-state index in [1.807, 2.05) is 6.07 Å². The summed E-state index contributed by atoms with van der Waals surface area (Å²) >= 11 is 0. The summed E-state index contributed by atoms with van der Waals surface area (Å²) in [5, 5.41) is 11.5. The molecule has 1 heterocycles. The van der Waals surface area contributed by atoms with E-state index in [4.69, 9.17) is 14.7 Å². The van der Waals surface area contributed by atoms with Gasteiger partial charge in [-0.15, -0.1) is 0 Å². The minimum absolute atomic E-state index is 0.0244. The predicted molar refractivity (Wildman–Crippen MR) is 46.8 cm³/mol. The van der Waals surface area contributed by atoms with Crippen LogP contribution in [0.3, 0.4) is 0 Å². The molecule has 1 aliphatic heterocycles. The summed E-state index contributed by atoms with van der Waals surface area (Å²) in [7, 11) is 1.54. The molecule has 1 N–H and O–H groups in total. The molecular weight excluding hydrogens is 187 g/mol. The average Bonchev–Trinajstić information content (AvgIpc) is 2.62. The van der Waals surface area contributed by atoms with Crippen molar-refractivity contribution < 1.29 is 13.9 Å². The SMILES string of the molecule is CNc1c(F)cc2c(c1C#N)OCO2. The second-order valence-electron chi connectivity index (χ2n) is 2.70. The molecule has 0 amide bonds. The maximum atomic E-state index is 13.3. The highest BCUT2D eigenvalue weighted by molar-refractivity contribution is 5.69. The zero-order valence-corrected chi connectivity index (χ0v) is 7.43. The van der Waals surface area contributed by atoms with E-state index in [0.29, 0.717) is 5.75 Å². The maximum absolute atomic E-state index is 13.3. The van der Waals surface area contributed by atoms with Gasteiger partial charge in [0.2, 0.25) is 6.79 Å². The van der Waals surface area contributed by atoms with Gasteiger partial charge in [0.25, 0.3) is 0 Å². The molecule has 0 atom stereocenters. The van der Waals surface area contributed by atoms with Crippen molar-refractivity contribution >= 4 is 5.69 Å². The summed E-state index contributed by atoms with van der Waals surface area (Å²) < 4.78 is 23.4. The van der Waals surface area contributed by atoms with Gasteiger partial charge in [0.1, 0.15) is 11.6 Å². The fourth-order valence-electron chi connectivity index (χ4n) is 1.36. The van der Waals surface area contributed by atoms with E-state index in [2.05, 4.69) is 5.32 Å². The number of anilines is 1. The second-order valence-corrected chi connectivity index (χ2v) is 2.70. The van der Waals surface area contributed by atoms with Crippen LogP contribution in [0.1, 0.15) is 5.56 Å². The van der Waals surface area contributed by atoms with E-state index in [1.165, 1.54) is 6.07 Å². The molecule has 1 aliphatic rings. The summed E-state index contributed by atoms with van der Waals surface area (Å²) in [6.07, 6.45) is 0. The van der Waals surface area contributed by atoms with Crippen molar-refractivity contribution in [2.45, 2.75) is 0 Å². The van der Waals surface area contributed by atoms with Crippen LogP contribution in [0, 0.1) is 17.1 Å². The van der Waals surface area contributed by atoms with Crippen LogP contribution in [0.2, 0.25) is 0 Å². The van der Waals surface area contributed by atoms with Crippen LogP contribution in [-0.4, -0.2) is 13.8 Å². The number of nitriles is 1. The maximum Gasteiger partial charge on any atom is 0.231 e. The Balaban J connectivity index is 2.70. The molecule has 72 valence electrons. The number of halogens is 1. The highest BCUT2D eigenvalue weighted by atomic mass is 19.1. The van der Waals surface area contributed by atoms with Crippen LogP contribution in [-0.2, 0) is 0 Å². The van der Waals surface area contributed by atoms with E-state index in [-0.39, 0.29) is 23.8 Å². The van der Waals surface area contributed by atoms with E-state index >= 15 is 0 Å². The third kappa shape index (κ3) is 1.04. The van der Waals surface area contributed by atoms with Crippen LogP contribution in [0.15, 0.2) is 6.07 Å². The van der Waals surface area contributed by atoms with E-state index in [0.717, 1.165) is 0 Å². The van der Waals surface area contributed by atoms with Gasteiger partial charge in [0.15, 0.2) is 17.3 Å². The molecule has 0 aliphatic carbocycles. The largest absolute Gasteiger partial charge is 0.453 e. The van der Waals surface area contributed by atoms with Crippen molar-refractivity contribution in [1.82, 2.24) is 0 Å². The van der Waals surface area contributed by atoms with E-state index < -0.39 is 5.82 Å². The third-order valence-electron chi connectivity index (χ3n) is 1.98. The van der Waals surface area contributed by atoms with Crippen LogP contribution in [0.25, 0.3) is 0 Å². The van der Waals surface area contributed by atoms with Gasteiger partial charge in [0.05, 0.1) is 5.69 Å². The van der Waals surface area contributed by atoms with Gasteiger partial charge in [-0.25, -0.2) is 4.39 Å². The molecule has 4 nitrogen and oxygen atoms in total. The number of fused-ring (bicyclic) bond motifs is 1. The van der Waals surface area contributed by atoms with E-state index in [9.17, 15) is 4.39 Å². The number of benzene rings is 1. The Morgan fingerprint density at radius 3 is 3.00 bits per heavy atom. The molecule has 0 saturated heterocycles. The van der Waals surface area contributed by atoms with Crippen molar-refractivity contribution in [1.29, 1.82) is 5.26 Å². The number of nitrogens with one attached hydrogen (secondary N) is 1. The quantitative estimate of drug-likeness (QED) is 0.735. The number of nitrogens with zero attached hydrogens (tertiary/aromatic N) is 1. The van der Waals surface area contributed by atoms with E-state index in [1.54, 1.807) is 7.05 Å². The van der Waals surface area contributed by atoms with Crippen molar-refractivity contribution in [3.8, 4) is 17.6 Å². The number of hydrogen-bond acceptors (Lipinski definition) is 4. The van der Waals surface area contributed by atoms with Gasteiger partial charge in [-0.1, -0.05) is 0 Å². The zero-order chi connectivity index (χ0) is 10.1. The Morgan fingerprint density at radius 2 is 2.36 bits per heavy atom. The van der Waals surface area contributed by atoms with Gasteiger partial charge in [-0.3, -0.25) is 0 Å². The summed E-state index contributed by atoms with van der Waals surface area (Å²) in [5.74, 6) is 0.0598. The Labute approximate surface area is 79.9 Å². The first-order valence-electron chi connectivity index (χ1n) is 3.98. The molecule has 2 rings (SSSR count). The number of ether oxygens (including phenoxy) is 2. The predicted octanol–water partition coefficient (Wildman–Crippen LogP) is 1.47. The molecule has 0 spiro atoms. The van der Waals surface area contributed by atoms with Crippen LogP contribution in [0.4, 0.5) is 10.1 Å². The average molecular weight is 194 g/mol. The van der Waals surface area contributed by atoms with Gasteiger partial charge in [0, 0.05) is 13.1 Å². The zero-order valence-electron chi connectivity index (χ0n) is 7.43. The molecule has 1 aromatic carbocycles. The lowest BCUT2D eigenvalue weighted by atomic mass is 10.1. The lowest BCUT2D eigenvalue weighted by molar-refractivity contribution is 0.173. The van der Waals surface area contributed by atoms with Gasteiger partial charge in [-0.05, 0) is 0 Å². The van der Waals surface area contributed by atoms with Crippen molar-refractivity contribution in [2.75, 3.05) is 19.2 Å². The Hall–Kier alpha value is -1.96. The smallest absolute Gasteiger partial charge is 0.231 e. The van der Waals surface area contributed by atoms with Crippen molar-refractivity contribution in [2.24, 2.45) is 0 Å². The molecule has 0 radical (unpaired) electrons. The molecule has 0 unspecified atom stereocenters. The molecule has 0 fully saturated rings. The molecule has 1 aromatic rings. The highest BCUT2D eigenvalue weighted by Gasteiger charge is 2.23. The second kappa shape index (κ2) is 3.07. The van der Waals surface area contributed by atoms with Crippen LogP contribution < -0.4 is 14.8 Å². The third-order valence-corrected chi connectivity index (χ3v) is 1.98. The first-order chi connectivity index (χ1) is 6.77. The van der Waals surface area contributed by atoms with Crippen molar-refractivity contribution in [3.05, 3.63) is 17.4 Å². The minimum atomic E-state index is -0.520. The number of hydrogen-bond donors (Lipinski definition) is 1. The highest BCUT2D eigenvalue weighted by Crippen LogP contribution is 2.40. The van der Waals surface area contributed by atoms with Crippen molar-refractivity contribution in [3.63, 3.8) is 0 Å². The molecule has 0 bridgehead atoms. The number of rotatable bonds is 1. The first kappa shape index (κ1) is 8.63. The fraction of sp³-hybridized carbons (Fsp3) is 0.222. The molecular formula is C9H7FN2O2. The van der Waals surface area contributed by atoms with Gasteiger partial charge < -0.3 is 14.8 Å². The Kier molecular flexibility index (Phi) is 1.89. The van der Waals surface area contributed by atoms with Gasteiger partial charge in [-0.2, -0.15) is 5.26 Å². The lowest BCUT2D eigenvalue weighted by Gasteiger charge is -2.06. The topological polar surface area (TPSA) is 54.3 Å². The van der Waals surface area contributed by atoms with Crippen LogP contribution >= 0.6 is 0 Å².